The number of anilines is 1. The van der Waals surface area contributed by atoms with Crippen LogP contribution in [-0.4, -0.2) is 11.7 Å². The molecule has 1 amide bonds. The van der Waals surface area contributed by atoms with Gasteiger partial charge in [-0.3, -0.25) is 5.32 Å². The molecule has 90 valence electrons. The molecule has 0 aromatic heterocycles. The van der Waals surface area contributed by atoms with Crippen LogP contribution in [0.25, 0.3) is 0 Å². The molecule has 5 heteroatoms. The van der Waals surface area contributed by atoms with Crippen LogP contribution in [0.15, 0.2) is 18.2 Å². The van der Waals surface area contributed by atoms with Crippen molar-refractivity contribution in [2.45, 2.75) is 26.4 Å². The Bertz CT molecular complexity index is 472. The fourth-order valence-corrected chi connectivity index (χ4v) is 1.10. The maximum atomic E-state index is 13.4. The molecule has 0 aliphatic carbocycles. The number of nitriles is 1. The van der Waals surface area contributed by atoms with Crippen molar-refractivity contribution in [2.24, 2.45) is 0 Å². The van der Waals surface area contributed by atoms with E-state index in [-0.39, 0.29) is 11.3 Å². The lowest BCUT2D eigenvalue weighted by Crippen LogP contribution is -2.27. The van der Waals surface area contributed by atoms with Gasteiger partial charge in [-0.25, -0.2) is 9.18 Å². The van der Waals surface area contributed by atoms with Gasteiger partial charge in [0.15, 0.2) is 0 Å². The van der Waals surface area contributed by atoms with E-state index in [1.807, 2.05) is 0 Å². The van der Waals surface area contributed by atoms with Crippen LogP contribution in [0.1, 0.15) is 26.3 Å². The number of nitrogens with one attached hydrogen (secondary N) is 1. The first-order chi connectivity index (χ1) is 7.81. The first-order valence-electron chi connectivity index (χ1n) is 5.01. The number of amides is 1. The van der Waals surface area contributed by atoms with Gasteiger partial charge in [0.05, 0.1) is 17.3 Å². The fraction of sp³-hybridized carbons (Fsp3) is 0.333. The van der Waals surface area contributed by atoms with Gasteiger partial charge in [-0.2, -0.15) is 5.26 Å². The molecule has 0 heterocycles. The van der Waals surface area contributed by atoms with Crippen molar-refractivity contribution in [3.63, 3.8) is 0 Å². The molecule has 0 aliphatic rings. The molecular formula is C12H13FN2O2. The standard InChI is InChI=1S/C12H13FN2O2/c1-12(2,3)17-11(16)15-10-5-4-8(7-14)6-9(10)13/h4-6H,1-3H3,(H,15,16). The highest BCUT2D eigenvalue weighted by Gasteiger charge is 2.17. The average Bonchev–Trinajstić information content (AvgIpc) is 2.18. The summed E-state index contributed by atoms with van der Waals surface area (Å²) in [5, 5.41) is 10.8. The molecule has 0 atom stereocenters. The second kappa shape index (κ2) is 4.83. The topological polar surface area (TPSA) is 62.1 Å². The van der Waals surface area contributed by atoms with Crippen LogP contribution in [-0.2, 0) is 4.74 Å². The summed E-state index contributed by atoms with van der Waals surface area (Å²) >= 11 is 0. The lowest BCUT2D eigenvalue weighted by atomic mass is 10.2. The Morgan fingerprint density at radius 1 is 1.47 bits per heavy atom. The van der Waals surface area contributed by atoms with E-state index in [1.165, 1.54) is 12.1 Å². The second-order valence-electron chi connectivity index (χ2n) is 4.43. The normalized spacial score (nSPS) is 10.5. The zero-order valence-corrected chi connectivity index (χ0v) is 9.87. The molecule has 1 N–H and O–H groups in total. The molecule has 0 saturated carbocycles. The molecule has 0 aliphatic heterocycles. The van der Waals surface area contributed by atoms with Gasteiger partial charge in [0.1, 0.15) is 11.4 Å². The smallest absolute Gasteiger partial charge is 0.412 e. The number of hydrogen-bond acceptors (Lipinski definition) is 3. The zero-order chi connectivity index (χ0) is 13.1. The minimum atomic E-state index is -0.735. The molecule has 0 fully saturated rings. The molecule has 1 aromatic rings. The predicted molar refractivity (Wildman–Crippen MR) is 61.0 cm³/mol. The SMILES string of the molecule is CC(C)(C)OC(=O)Nc1ccc(C#N)cc1F. The maximum absolute atomic E-state index is 13.4. The molecular weight excluding hydrogens is 223 g/mol. The van der Waals surface area contributed by atoms with Gasteiger partial charge in [-0.1, -0.05) is 0 Å². The Morgan fingerprint density at radius 3 is 2.59 bits per heavy atom. The Balaban J connectivity index is 2.76. The first kappa shape index (κ1) is 13.0. The van der Waals surface area contributed by atoms with E-state index in [0.29, 0.717) is 0 Å². The van der Waals surface area contributed by atoms with E-state index in [9.17, 15) is 9.18 Å². The van der Waals surface area contributed by atoms with E-state index in [0.717, 1.165) is 6.07 Å². The van der Waals surface area contributed by atoms with Crippen LogP contribution in [0, 0.1) is 17.1 Å². The van der Waals surface area contributed by atoms with Gasteiger partial charge in [-0.15, -0.1) is 0 Å². The molecule has 0 spiro atoms. The maximum Gasteiger partial charge on any atom is 0.412 e. The summed E-state index contributed by atoms with van der Waals surface area (Å²) in [6.45, 7) is 5.13. The van der Waals surface area contributed by atoms with Crippen molar-refractivity contribution in [1.82, 2.24) is 0 Å². The van der Waals surface area contributed by atoms with Gasteiger partial charge in [0, 0.05) is 0 Å². The van der Waals surface area contributed by atoms with Crippen molar-refractivity contribution in [1.29, 1.82) is 5.26 Å². The Morgan fingerprint density at radius 2 is 2.12 bits per heavy atom. The van der Waals surface area contributed by atoms with Crippen LogP contribution in [0.2, 0.25) is 0 Å². The van der Waals surface area contributed by atoms with Crippen LogP contribution in [0.5, 0.6) is 0 Å². The summed E-state index contributed by atoms with van der Waals surface area (Å²) in [4.78, 5) is 11.4. The van der Waals surface area contributed by atoms with Crippen molar-refractivity contribution in [3.8, 4) is 6.07 Å². The van der Waals surface area contributed by atoms with Crippen molar-refractivity contribution >= 4 is 11.8 Å². The lowest BCUT2D eigenvalue weighted by Gasteiger charge is -2.19. The first-order valence-corrected chi connectivity index (χ1v) is 5.01. The summed E-state index contributed by atoms with van der Waals surface area (Å²) in [6.07, 6.45) is -0.735. The summed E-state index contributed by atoms with van der Waals surface area (Å²) in [5.74, 6) is -0.671. The molecule has 0 unspecified atom stereocenters. The highest BCUT2D eigenvalue weighted by atomic mass is 19.1. The third-order valence-electron chi connectivity index (χ3n) is 1.73. The third-order valence-corrected chi connectivity index (χ3v) is 1.73. The second-order valence-corrected chi connectivity index (χ2v) is 4.43. The van der Waals surface area contributed by atoms with E-state index in [1.54, 1.807) is 26.8 Å². The van der Waals surface area contributed by atoms with E-state index in [2.05, 4.69) is 5.32 Å². The van der Waals surface area contributed by atoms with E-state index >= 15 is 0 Å². The van der Waals surface area contributed by atoms with Gasteiger partial charge >= 0.3 is 6.09 Å². The van der Waals surface area contributed by atoms with Crippen molar-refractivity contribution in [3.05, 3.63) is 29.6 Å². The molecule has 0 saturated heterocycles. The molecule has 1 aromatic carbocycles. The fourth-order valence-electron chi connectivity index (χ4n) is 1.10. The largest absolute Gasteiger partial charge is 0.444 e. The number of halogens is 1. The van der Waals surface area contributed by atoms with E-state index in [4.69, 9.17) is 10.00 Å². The molecule has 0 bridgehead atoms. The molecule has 4 nitrogen and oxygen atoms in total. The summed E-state index contributed by atoms with van der Waals surface area (Å²) in [5.41, 5.74) is -0.469. The summed E-state index contributed by atoms with van der Waals surface area (Å²) in [6, 6.07) is 5.58. The number of hydrogen-bond donors (Lipinski definition) is 1. The predicted octanol–water partition coefficient (Wildman–Crippen LogP) is 3.04. The zero-order valence-electron chi connectivity index (χ0n) is 9.87. The summed E-state index contributed by atoms with van der Waals surface area (Å²) < 4.78 is 18.4. The average molecular weight is 236 g/mol. The summed E-state index contributed by atoms with van der Waals surface area (Å²) in [7, 11) is 0. The van der Waals surface area contributed by atoms with Crippen molar-refractivity contribution < 1.29 is 13.9 Å². The number of rotatable bonds is 1. The minimum Gasteiger partial charge on any atom is -0.444 e. The lowest BCUT2D eigenvalue weighted by molar-refractivity contribution is 0.0635. The molecule has 17 heavy (non-hydrogen) atoms. The van der Waals surface area contributed by atoms with Gasteiger partial charge < -0.3 is 4.74 Å². The Labute approximate surface area is 99.0 Å². The van der Waals surface area contributed by atoms with Crippen LogP contribution < -0.4 is 5.32 Å². The molecule has 0 radical (unpaired) electrons. The van der Waals surface area contributed by atoms with Crippen molar-refractivity contribution in [2.75, 3.05) is 5.32 Å². The van der Waals surface area contributed by atoms with Gasteiger partial charge in [0.25, 0.3) is 0 Å². The number of carbonyl (C=O) groups excluding carboxylic acids is 1. The quantitative estimate of drug-likeness (QED) is 0.815. The highest BCUT2D eigenvalue weighted by molar-refractivity contribution is 5.85. The highest BCUT2D eigenvalue weighted by Crippen LogP contribution is 2.16. The number of nitrogens with zero attached hydrogens (tertiary/aromatic N) is 1. The monoisotopic (exact) mass is 236 g/mol. The third kappa shape index (κ3) is 4.11. The van der Waals surface area contributed by atoms with E-state index < -0.39 is 17.5 Å². The Hall–Kier alpha value is -2.09. The van der Waals surface area contributed by atoms with Gasteiger partial charge in [0.2, 0.25) is 0 Å². The van der Waals surface area contributed by atoms with Crippen LogP contribution in [0.4, 0.5) is 14.9 Å². The molecule has 1 rings (SSSR count). The minimum absolute atomic E-state index is 0.0155. The van der Waals surface area contributed by atoms with Crippen LogP contribution >= 0.6 is 0 Å². The number of carbonyl (C=O) groups is 1. The Kier molecular flexibility index (Phi) is 3.69. The van der Waals surface area contributed by atoms with Crippen LogP contribution in [0.3, 0.4) is 0 Å². The van der Waals surface area contributed by atoms with Gasteiger partial charge in [-0.05, 0) is 39.0 Å². The number of ether oxygens (including phenoxy) is 1. The number of benzene rings is 1.